The number of nitrogens with zero attached hydrogens (tertiary/aromatic N) is 2. The van der Waals surface area contributed by atoms with Gasteiger partial charge in [0.25, 0.3) is 5.91 Å². The third-order valence-corrected chi connectivity index (χ3v) is 8.31. The standard InChI is InChI=1S/C31H31ClF3N3O2/c32-28-25(18-23(19-36-28)22-13-7-14-24(17-22)31(33,34)35)26-15-8-16-38(26)30(40)27(20-9-3-1-4-10-20)37-29(39)21-11-5-2-6-12-21/h2,5-7,11-14,17-20,26-27H,1,3-4,8-10,15-16H2,(H,37,39). The topological polar surface area (TPSA) is 62.3 Å². The van der Waals surface area contributed by atoms with Gasteiger partial charge in [-0.3, -0.25) is 9.59 Å². The van der Waals surface area contributed by atoms with E-state index in [2.05, 4.69) is 10.3 Å². The van der Waals surface area contributed by atoms with E-state index in [1.54, 1.807) is 41.3 Å². The first kappa shape index (κ1) is 28.1. The molecule has 1 aliphatic heterocycles. The Morgan fingerprint density at radius 3 is 2.40 bits per heavy atom. The summed E-state index contributed by atoms with van der Waals surface area (Å²) in [7, 11) is 0. The van der Waals surface area contributed by atoms with E-state index in [0.717, 1.165) is 50.7 Å². The van der Waals surface area contributed by atoms with Gasteiger partial charge in [-0.2, -0.15) is 13.2 Å². The quantitative estimate of drug-likeness (QED) is 0.313. The van der Waals surface area contributed by atoms with Crippen molar-refractivity contribution in [3.8, 4) is 11.1 Å². The molecule has 1 N–H and O–H groups in total. The van der Waals surface area contributed by atoms with Crippen LogP contribution in [-0.4, -0.2) is 34.3 Å². The SMILES string of the molecule is O=C(NC(C(=O)N1CCCC1c1cc(-c2cccc(C(F)(F)F)c2)cnc1Cl)C1CCCCC1)c1ccccc1. The summed E-state index contributed by atoms with van der Waals surface area (Å²) >= 11 is 6.53. The second-order valence-electron chi connectivity index (χ2n) is 10.6. The van der Waals surface area contributed by atoms with Gasteiger partial charge in [0, 0.05) is 29.4 Å². The van der Waals surface area contributed by atoms with Crippen LogP contribution in [0.1, 0.15) is 72.5 Å². The smallest absolute Gasteiger partial charge is 0.340 e. The Hall–Kier alpha value is -3.39. The molecule has 1 saturated carbocycles. The van der Waals surface area contributed by atoms with Gasteiger partial charge < -0.3 is 10.2 Å². The zero-order chi connectivity index (χ0) is 28.3. The number of alkyl halides is 3. The van der Waals surface area contributed by atoms with E-state index in [1.165, 1.54) is 12.3 Å². The van der Waals surface area contributed by atoms with Gasteiger partial charge in [0.05, 0.1) is 11.6 Å². The number of nitrogens with one attached hydrogen (secondary N) is 1. The Morgan fingerprint density at radius 2 is 1.68 bits per heavy atom. The van der Waals surface area contributed by atoms with E-state index in [1.807, 2.05) is 6.07 Å². The van der Waals surface area contributed by atoms with Gasteiger partial charge >= 0.3 is 6.18 Å². The zero-order valence-corrected chi connectivity index (χ0v) is 22.7. The normalized spacial score (nSPS) is 18.9. The highest BCUT2D eigenvalue weighted by atomic mass is 35.5. The van der Waals surface area contributed by atoms with Gasteiger partial charge in [0.15, 0.2) is 0 Å². The Balaban J connectivity index is 1.44. The monoisotopic (exact) mass is 569 g/mol. The van der Waals surface area contributed by atoms with E-state index >= 15 is 0 Å². The number of halogens is 4. The fraction of sp³-hybridized carbons (Fsp3) is 0.387. The summed E-state index contributed by atoms with van der Waals surface area (Å²) in [5.74, 6) is -0.411. The summed E-state index contributed by atoms with van der Waals surface area (Å²) in [6.45, 7) is 0.498. The fourth-order valence-corrected chi connectivity index (χ4v) is 6.16. The number of carbonyl (C=O) groups is 2. The number of likely N-dealkylation sites (tertiary alicyclic amines) is 1. The molecule has 0 bridgehead atoms. The van der Waals surface area contributed by atoms with Crippen LogP contribution in [0.5, 0.6) is 0 Å². The molecule has 2 atom stereocenters. The molecule has 3 aromatic rings. The molecule has 1 aromatic heterocycles. The molecule has 2 fully saturated rings. The maximum atomic E-state index is 14.1. The molecule has 210 valence electrons. The number of hydrogen-bond donors (Lipinski definition) is 1. The van der Waals surface area contributed by atoms with Gasteiger partial charge in [-0.25, -0.2) is 4.98 Å². The Labute approximate surface area is 236 Å². The first-order valence-corrected chi connectivity index (χ1v) is 14.1. The van der Waals surface area contributed by atoms with Crippen molar-refractivity contribution in [3.63, 3.8) is 0 Å². The molecule has 2 aromatic carbocycles. The molecule has 2 amide bonds. The number of aromatic nitrogens is 1. The largest absolute Gasteiger partial charge is 0.416 e. The second-order valence-corrected chi connectivity index (χ2v) is 10.9. The minimum atomic E-state index is -4.47. The molecule has 1 aliphatic carbocycles. The van der Waals surface area contributed by atoms with Crippen molar-refractivity contribution in [1.29, 1.82) is 0 Å². The number of benzene rings is 2. The molecule has 1 saturated heterocycles. The maximum Gasteiger partial charge on any atom is 0.416 e. The van der Waals surface area contributed by atoms with Crippen LogP contribution in [-0.2, 0) is 11.0 Å². The molecule has 2 heterocycles. The zero-order valence-electron chi connectivity index (χ0n) is 22.0. The molecule has 5 rings (SSSR count). The van der Waals surface area contributed by atoms with Crippen molar-refractivity contribution in [2.24, 2.45) is 5.92 Å². The van der Waals surface area contributed by atoms with Crippen LogP contribution in [0, 0.1) is 5.92 Å². The molecule has 40 heavy (non-hydrogen) atoms. The molecule has 0 spiro atoms. The van der Waals surface area contributed by atoms with Crippen molar-refractivity contribution in [1.82, 2.24) is 15.2 Å². The van der Waals surface area contributed by atoms with Crippen LogP contribution in [0.3, 0.4) is 0 Å². The summed E-state index contributed by atoms with van der Waals surface area (Å²) in [6.07, 6.45) is 3.21. The summed E-state index contributed by atoms with van der Waals surface area (Å²) in [5.41, 5.74) is 1.20. The third-order valence-electron chi connectivity index (χ3n) is 7.99. The van der Waals surface area contributed by atoms with Crippen molar-refractivity contribution in [2.45, 2.75) is 63.2 Å². The van der Waals surface area contributed by atoms with Crippen LogP contribution >= 0.6 is 11.6 Å². The van der Waals surface area contributed by atoms with E-state index in [0.29, 0.717) is 35.2 Å². The Kier molecular flexibility index (Phi) is 8.45. The average molecular weight is 570 g/mol. The minimum absolute atomic E-state index is 0.0280. The van der Waals surface area contributed by atoms with E-state index in [-0.39, 0.29) is 22.9 Å². The maximum absolute atomic E-state index is 14.1. The van der Waals surface area contributed by atoms with Crippen molar-refractivity contribution >= 4 is 23.4 Å². The van der Waals surface area contributed by atoms with Crippen LogP contribution in [0.15, 0.2) is 66.9 Å². The van der Waals surface area contributed by atoms with E-state index in [4.69, 9.17) is 11.6 Å². The van der Waals surface area contributed by atoms with Crippen LogP contribution in [0.4, 0.5) is 13.2 Å². The lowest BCUT2D eigenvalue weighted by Crippen LogP contribution is -2.52. The third kappa shape index (κ3) is 6.17. The number of carbonyl (C=O) groups excluding carboxylic acids is 2. The predicted molar refractivity (Wildman–Crippen MR) is 148 cm³/mol. The number of pyridine rings is 1. The fourth-order valence-electron chi connectivity index (χ4n) is 5.93. The van der Waals surface area contributed by atoms with E-state index in [9.17, 15) is 22.8 Å². The van der Waals surface area contributed by atoms with Crippen LogP contribution in [0.25, 0.3) is 11.1 Å². The molecular formula is C31H31ClF3N3O2. The number of rotatable bonds is 6. The van der Waals surface area contributed by atoms with Gasteiger partial charge in [0.1, 0.15) is 11.2 Å². The molecule has 0 radical (unpaired) electrons. The predicted octanol–water partition coefficient (Wildman–Crippen LogP) is 7.46. The van der Waals surface area contributed by atoms with E-state index < -0.39 is 23.8 Å². The highest BCUT2D eigenvalue weighted by molar-refractivity contribution is 6.30. The summed E-state index contributed by atoms with van der Waals surface area (Å²) in [5, 5.41) is 3.25. The van der Waals surface area contributed by atoms with Gasteiger partial charge in [-0.15, -0.1) is 0 Å². The molecule has 5 nitrogen and oxygen atoms in total. The van der Waals surface area contributed by atoms with Gasteiger partial charge in [0.2, 0.25) is 5.91 Å². The minimum Gasteiger partial charge on any atom is -0.340 e. The first-order valence-electron chi connectivity index (χ1n) is 13.7. The Morgan fingerprint density at radius 1 is 0.925 bits per heavy atom. The van der Waals surface area contributed by atoms with Crippen molar-refractivity contribution < 1.29 is 22.8 Å². The Bertz CT molecular complexity index is 1360. The number of hydrogen-bond acceptors (Lipinski definition) is 3. The van der Waals surface area contributed by atoms with Gasteiger partial charge in [-0.05, 0) is 67.5 Å². The highest BCUT2D eigenvalue weighted by Crippen LogP contribution is 2.39. The lowest BCUT2D eigenvalue weighted by atomic mass is 9.83. The lowest BCUT2D eigenvalue weighted by molar-refractivity contribution is -0.137. The average Bonchev–Trinajstić information content (AvgIpc) is 3.46. The van der Waals surface area contributed by atoms with Crippen molar-refractivity contribution in [2.75, 3.05) is 6.54 Å². The van der Waals surface area contributed by atoms with Crippen molar-refractivity contribution in [3.05, 3.63) is 88.7 Å². The van der Waals surface area contributed by atoms with Crippen LogP contribution in [0.2, 0.25) is 5.15 Å². The highest BCUT2D eigenvalue weighted by Gasteiger charge is 2.39. The second kappa shape index (κ2) is 12.0. The molecular weight excluding hydrogens is 539 g/mol. The molecule has 9 heteroatoms. The number of amides is 2. The lowest BCUT2D eigenvalue weighted by Gasteiger charge is -2.35. The van der Waals surface area contributed by atoms with Gasteiger partial charge in [-0.1, -0.05) is 61.2 Å². The van der Waals surface area contributed by atoms with Crippen LogP contribution < -0.4 is 5.32 Å². The summed E-state index contributed by atoms with van der Waals surface area (Å²) < 4.78 is 40.0. The summed E-state index contributed by atoms with van der Waals surface area (Å²) in [4.78, 5) is 33.3. The molecule has 2 unspecified atom stereocenters. The first-order chi connectivity index (χ1) is 19.2. The molecule has 2 aliphatic rings. The summed E-state index contributed by atoms with van der Waals surface area (Å²) in [6, 6.07) is 14.6.